The predicted octanol–water partition coefficient (Wildman–Crippen LogP) is 3.58. The first-order valence-corrected chi connectivity index (χ1v) is 5.45. The molecule has 1 aromatic carbocycles. The molecule has 0 fully saturated rings. The minimum Gasteiger partial charge on any atom is -0.460 e. The van der Waals surface area contributed by atoms with Crippen LogP contribution in [0, 0.1) is 0 Å². The fourth-order valence-corrected chi connectivity index (χ4v) is 1.69. The molecule has 1 heterocycles. The highest BCUT2D eigenvalue weighted by atomic mass is 35.5. The van der Waals surface area contributed by atoms with Gasteiger partial charge in [-0.25, -0.2) is 0 Å². The number of halogens is 1. The first kappa shape index (κ1) is 10.5. The standard InChI is InChI=1S/C12H14ClNO/c1-8(2)14-7-9-6-10-11(13)4-3-5-12(10)15-9/h3-6,8,14H,7H2,1-2H3. The zero-order chi connectivity index (χ0) is 10.8. The Morgan fingerprint density at radius 3 is 2.87 bits per heavy atom. The zero-order valence-electron chi connectivity index (χ0n) is 8.88. The van der Waals surface area contributed by atoms with E-state index in [1.54, 1.807) is 0 Å². The molecule has 15 heavy (non-hydrogen) atoms. The fraction of sp³-hybridized carbons (Fsp3) is 0.333. The molecular weight excluding hydrogens is 210 g/mol. The van der Waals surface area contributed by atoms with Crippen molar-refractivity contribution in [3.05, 3.63) is 35.0 Å². The number of hydrogen-bond acceptors (Lipinski definition) is 2. The predicted molar refractivity (Wildman–Crippen MR) is 63.2 cm³/mol. The van der Waals surface area contributed by atoms with E-state index in [-0.39, 0.29) is 0 Å². The average Bonchev–Trinajstić information content (AvgIpc) is 2.59. The number of fused-ring (bicyclic) bond motifs is 1. The molecular formula is C12H14ClNO. The van der Waals surface area contributed by atoms with Crippen molar-refractivity contribution >= 4 is 22.6 Å². The van der Waals surface area contributed by atoms with Gasteiger partial charge in [-0.2, -0.15) is 0 Å². The quantitative estimate of drug-likeness (QED) is 0.861. The van der Waals surface area contributed by atoms with Crippen molar-refractivity contribution < 1.29 is 4.42 Å². The maximum Gasteiger partial charge on any atom is 0.135 e. The van der Waals surface area contributed by atoms with E-state index in [9.17, 15) is 0 Å². The SMILES string of the molecule is CC(C)NCc1cc2c(Cl)cccc2o1. The minimum atomic E-state index is 0.452. The van der Waals surface area contributed by atoms with E-state index in [1.165, 1.54) is 0 Å². The molecule has 1 aromatic heterocycles. The molecule has 2 aromatic rings. The molecule has 0 atom stereocenters. The van der Waals surface area contributed by atoms with E-state index in [0.717, 1.165) is 28.3 Å². The fourth-order valence-electron chi connectivity index (χ4n) is 1.47. The second kappa shape index (κ2) is 4.25. The molecule has 80 valence electrons. The van der Waals surface area contributed by atoms with Crippen LogP contribution in [0.5, 0.6) is 0 Å². The molecule has 0 aliphatic carbocycles. The van der Waals surface area contributed by atoms with Gasteiger partial charge in [-0.15, -0.1) is 0 Å². The van der Waals surface area contributed by atoms with Gasteiger partial charge < -0.3 is 9.73 Å². The van der Waals surface area contributed by atoms with Gasteiger partial charge in [0.05, 0.1) is 11.6 Å². The Balaban J connectivity index is 2.27. The maximum absolute atomic E-state index is 6.05. The van der Waals surface area contributed by atoms with Gasteiger partial charge >= 0.3 is 0 Å². The van der Waals surface area contributed by atoms with E-state index in [0.29, 0.717) is 6.04 Å². The zero-order valence-corrected chi connectivity index (χ0v) is 9.64. The van der Waals surface area contributed by atoms with Crippen molar-refractivity contribution in [3.8, 4) is 0 Å². The normalized spacial score (nSPS) is 11.5. The first-order valence-electron chi connectivity index (χ1n) is 5.07. The van der Waals surface area contributed by atoms with Crippen molar-refractivity contribution in [2.45, 2.75) is 26.4 Å². The Hall–Kier alpha value is -0.990. The Morgan fingerprint density at radius 1 is 1.40 bits per heavy atom. The molecule has 2 rings (SSSR count). The summed E-state index contributed by atoms with van der Waals surface area (Å²) in [7, 11) is 0. The Labute approximate surface area is 94.2 Å². The molecule has 0 radical (unpaired) electrons. The van der Waals surface area contributed by atoms with Crippen molar-refractivity contribution in [3.63, 3.8) is 0 Å². The van der Waals surface area contributed by atoms with Gasteiger partial charge in [0, 0.05) is 11.4 Å². The lowest BCUT2D eigenvalue weighted by Crippen LogP contribution is -2.21. The summed E-state index contributed by atoms with van der Waals surface area (Å²) in [5.74, 6) is 0.923. The number of benzene rings is 1. The van der Waals surface area contributed by atoms with Crippen molar-refractivity contribution in [2.24, 2.45) is 0 Å². The maximum atomic E-state index is 6.05. The third kappa shape index (κ3) is 2.33. The van der Waals surface area contributed by atoms with E-state index in [2.05, 4.69) is 19.2 Å². The summed E-state index contributed by atoms with van der Waals surface area (Å²) < 4.78 is 5.65. The molecule has 0 saturated heterocycles. The molecule has 0 amide bonds. The van der Waals surface area contributed by atoms with E-state index >= 15 is 0 Å². The molecule has 0 saturated carbocycles. The lowest BCUT2D eigenvalue weighted by molar-refractivity contribution is 0.488. The van der Waals surface area contributed by atoms with Crippen LogP contribution in [0.25, 0.3) is 11.0 Å². The van der Waals surface area contributed by atoms with Crippen LogP contribution in [0.15, 0.2) is 28.7 Å². The molecule has 3 heteroatoms. The van der Waals surface area contributed by atoms with Gasteiger partial charge in [0.15, 0.2) is 0 Å². The van der Waals surface area contributed by atoms with Crippen molar-refractivity contribution in [1.82, 2.24) is 5.32 Å². The van der Waals surface area contributed by atoms with Crippen molar-refractivity contribution in [2.75, 3.05) is 0 Å². The van der Waals surface area contributed by atoms with Crippen LogP contribution in [0.3, 0.4) is 0 Å². The van der Waals surface area contributed by atoms with Gasteiger partial charge in [-0.1, -0.05) is 31.5 Å². The lowest BCUT2D eigenvalue weighted by atomic mass is 10.2. The smallest absolute Gasteiger partial charge is 0.135 e. The number of furan rings is 1. The largest absolute Gasteiger partial charge is 0.460 e. The molecule has 2 nitrogen and oxygen atoms in total. The molecule has 1 N–H and O–H groups in total. The number of rotatable bonds is 3. The minimum absolute atomic E-state index is 0.452. The highest BCUT2D eigenvalue weighted by molar-refractivity contribution is 6.35. The summed E-state index contributed by atoms with van der Waals surface area (Å²) in [6, 6.07) is 8.15. The van der Waals surface area contributed by atoms with Crippen molar-refractivity contribution in [1.29, 1.82) is 0 Å². The van der Waals surface area contributed by atoms with Crippen LogP contribution in [0.2, 0.25) is 5.02 Å². The summed E-state index contributed by atoms with van der Waals surface area (Å²) in [6.07, 6.45) is 0. The van der Waals surface area contributed by atoms with Gasteiger partial charge in [-0.3, -0.25) is 0 Å². The summed E-state index contributed by atoms with van der Waals surface area (Å²) in [6.45, 7) is 4.95. The van der Waals surface area contributed by atoms with Crippen LogP contribution < -0.4 is 5.32 Å². The van der Waals surface area contributed by atoms with Gasteiger partial charge in [0.2, 0.25) is 0 Å². The third-order valence-corrected chi connectivity index (χ3v) is 2.57. The molecule has 0 unspecified atom stereocenters. The van der Waals surface area contributed by atoms with Crippen LogP contribution in [-0.4, -0.2) is 6.04 Å². The molecule has 0 aliphatic rings. The van der Waals surface area contributed by atoms with Crippen LogP contribution in [-0.2, 0) is 6.54 Å². The second-order valence-corrected chi connectivity index (χ2v) is 4.31. The second-order valence-electron chi connectivity index (χ2n) is 3.90. The Kier molecular flexibility index (Phi) is 2.98. The average molecular weight is 224 g/mol. The van der Waals surface area contributed by atoms with Gasteiger partial charge in [0.25, 0.3) is 0 Å². The van der Waals surface area contributed by atoms with Crippen LogP contribution in [0.4, 0.5) is 0 Å². The molecule has 0 spiro atoms. The van der Waals surface area contributed by atoms with E-state index in [4.69, 9.17) is 16.0 Å². The topological polar surface area (TPSA) is 25.2 Å². The monoisotopic (exact) mass is 223 g/mol. The summed E-state index contributed by atoms with van der Waals surface area (Å²) in [4.78, 5) is 0. The highest BCUT2D eigenvalue weighted by Crippen LogP contribution is 2.26. The van der Waals surface area contributed by atoms with Crippen LogP contribution in [0.1, 0.15) is 19.6 Å². The summed E-state index contributed by atoms with van der Waals surface area (Å²) in [5, 5.41) is 5.03. The van der Waals surface area contributed by atoms with Gasteiger partial charge in [-0.05, 0) is 18.2 Å². The summed E-state index contributed by atoms with van der Waals surface area (Å²) >= 11 is 6.05. The Morgan fingerprint density at radius 2 is 2.20 bits per heavy atom. The van der Waals surface area contributed by atoms with E-state index in [1.807, 2.05) is 24.3 Å². The Bertz CT molecular complexity index is 462. The first-order chi connectivity index (χ1) is 7.16. The lowest BCUT2D eigenvalue weighted by Gasteiger charge is -2.04. The van der Waals surface area contributed by atoms with Crippen LogP contribution >= 0.6 is 11.6 Å². The van der Waals surface area contributed by atoms with E-state index < -0.39 is 0 Å². The van der Waals surface area contributed by atoms with Gasteiger partial charge in [0.1, 0.15) is 11.3 Å². The summed E-state index contributed by atoms with van der Waals surface area (Å²) in [5.41, 5.74) is 0.850. The molecule has 0 bridgehead atoms. The number of hydrogen-bond donors (Lipinski definition) is 1. The third-order valence-electron chi connectivity index (χ3n) is 2.24. The highest BCUT2D eigenvalue weighted by Gasteiger charge is 2.06. The molecule has 0 aliphatic heterocycles. The number of nitrogens with one attached hydrogen (secondary N) is 1.